The number of anilines is 1. The Hall–Kier alpha value is -2.38. The van der Waals surface area contributed by atoms with E-state index in [1.807, 2.05) is 42.6 Å². The largest absolute Gasteiger partial charge is 0.383 e. The molecule has 1 aliphatic heterocycles. The predicted octanol–water partition coefficient (Wildman–Crippen LogP) is 2.81. The molecule has 0 radical (unpaired) electrons. The maximum Gasteiger partial charge on any atom is 0.229 e. The number of carbonyl (C=O) groups excluding carboxylic acids is 2. The molecule has 142 valence electrons. The number of ether oxygens (including phenoxy) is 1. The van der Waals surface area contributed by atoms with E-state index in [0.717, 1.165) is 16.3 Å². The van der Waals surface area contributed by atoms with Crippen LogP contribution in [0, 0.1) is 5.92 Å². The molecule has 0 aliphatic carbocycles. The SMILES string of the molecule is COCCN1CC(C(=O)Nc2ccc(SCc3cccnc3)cc2)CC1=O. The number of amides is 2. The summed E-state index contributed by atoms with van der Waals surface area (Å²) in [6.07, 6.45) is 3.88. The van der Waals surface area contributed by atoms with Crippen LogP contribution >= 0.6 is 11.8 Å². The molecule has 1 saturated heterocycles. The number of benzene rings is 1. The van der Waals surface area contributed by atoms with E-state index >= 15 is 0 Å². The average molecular weight is 385 g/mol. The molecule has 0 bridgehead atoms. The number of thioether (sulfide) groups is 1. The summed E-state index contributed by atoms with van der Waals surface area (Å²) < 4.78 is 5.00. The minimum absolute atomic E-state index is 0.00866. The summed E-state index contributed by atoms with van der Waals surface area (Å²) in [5, 5.41) is 2.91. The van der Waals surface area contributed by atoms with Crippen molar-refractivity contribution in [1.29, 1.82) is 0 Å². The number of hydrogen-bond acceptors (Lipinski definition) is 5. The molecule has 1 atom stereocenters. The fraction of sp³-hybridized carbons (Fsp3) is 0.350. The minimum atomic E-state index is -0.311. The number of rotatable bonds is 8. The highest BCUT2D eigenvalue weighted by Gasteiger charge is 2.33. The minimum Gasteiger partial charge on any atom is -0.383 e. The first kappa shape index (κ1) is 19.4. The van der Waals surface area contributed by atoms with Crippen LogP contribution in [0.2, 0.25) is 0 Å². The third kappa shape index (κ3) is 5.55. The predicted molar refractivity (Wildman–Crippen MR) is 105 cm³/mol. The molecule has 1 aliphatic rings. The average Bonchev–Trinajstić information content (AvgIpc) is 3.07. The van der Waals surface area contributed by atoms with Gasteiger partial charge in [-0.2, -0.15) is 0 Å². The second-order valence-electron chi connectivity index (χ2n) is 6.40. The number of hydrogen-bond donors (Lipinski definition) is 1. The highest BCUT2D eigenvalue weighted by atomic mass is 32.2. The molecule has 2 aromatic rings. The highest BCUT2D eigenvalue weighted by molar-refractivity contribution is 7.98. The molecule has 6 nitrogen and oxygen atoms in total. The molecular formula is C20H23N3O3S. The van der Waals surface area contributed by atoms with Gasteiger partial charge in [0.15, 0.2) is 0 Å². The molecule has 0 saturated carbocycles. The summed E-state index contributed by atoms with van der Waals surface area (Å²) in [4.78, 5) is 31.3. The third-order valence-corrected chi connectivity index (χ3v) is 5.48. The van der Waals surface area contributed by atoms with E-state index in [1.54, 1.807) is 30.0 Å². The summed E-state index contributed by atoms with van der Waals surface area (Å²) in [7, 11) is 1.60. The van der Waals surface area contributed by atoms with Gasteiger partial charge in [0.25, 0.3) is 0 Å². The van der Waals surface area contributed by atoms with Crippen molar-refractivity contribution in [1.82, 2.24) is 9.88 Å². The Morgan fingerprint density at radius 2 is 2.15 bits per heavy atom. The fourth-order valence-electron chi connectivity index (χ4n) is 2.89. The smallest absolute Gasteiger partial charge is 0.229 e. The van der Waals surface area contributed by atoms with Crippen molar-refractivity contribution in [3.8, 4) is 0 Å². The Morgan fingerprint density at radius 1 is 1.33 bits per heavy atom. The number of likely N-dealkylation sites (tertiary alicyclic amines) is 1. The Bertz CT molecular complexity index is 768. The lowest BCUT2D eigenvalue weighted by Crippen LogP contribution is -2.30. The van der Waals surface area contributed by atoms with Crippen molar-refractivity contribution in [2.75, 3.05) is 32.1 Å². The highest BCUT2D eigenvalue weighted by Crippen LogP contribution is 2.25. The number of nitrogens with zero attached hydrogens (tertiary/aromatic N) is 2. The van der Waals surface area contributed by atoms with Crippen LogP contribution < -0.4 is 5.32 Å². The number of nitrogens with one attached hydrogen (secondary N) is 1. The van der Waals surface area contributed by atoms with Crippen LogP contribution in [0.5, 0.6) is 0 Å². The van der Waals surface area contributed by atoms with E-state index in [2.05, 4.69) is 10.3 Å². The van der Waals surface area contributed by atoms with E-state index in [-0.39, 0.29) is 24.2 Å². The van der Waals surface area contributed by atoms with Crippen LogP contribution in [-0.2, 0) is 20.1 Å². The van der Waals surface area contributed by atoms with E-state index in [0.29, 0.717) is 19.7 Å². The lowest BCUT2D eigenvalue weighted by atomic mass is 10.1. The Labute approximate surface area is 163 Å². The quantitative estimate of drug-likeness (QED) is 0.708. The van der Waals surface area contributed by atoms with Crippen molar-refractivity contribution in [3.63, 3.8) is 0 Å². The van der Waals surface area contributed by atoms with Gasteiger partial charge in [0, 0.05) is 55.3 Å². The summed E-state index contributed by atoms with van der Waals surface area (Å²) in [5.41, 5.74) is 1.91. The van der Waals surface area contributed by atoms with Crippen LogP contribution in [0.15, 0.2) is 53.7 Å². The zero-order valence-corrected chi connectivity index (χ0v) is 16.1. The van der Waals surface area contributed by atoms with Gasteiger partial charge in [-0.25, -0.2) is 0 Å². The van der Waals surface area contributed by atoms with Crippen LogP contribution in [-0.4, -0.2) is 48.5 Å². The molecular weight excluding hydrogens is 362 g/mol. The zero-order valence-electron chi connectivity index (χ0n) is 15.3. The van der Waals surface area contributed by atoms with Crippen LogP contribution in [0.4, 0.5) is 5.69 Å². The molecule has 27 heavy (non-hydrogen) atoms. The summed E-state index contributed by atoms with van der Waals surface area (Å²) in [6.45, 7) is 1.47. The maximum atomic E-state index is 12.4. The first-order valence-corrected chi connectivity index (χ1v) is 9.83. The molecule has 0 spiro atoms. The van der Waals surface area contributed by atoms with Gasteiger partial charge in [-0.05, 0) is 35.9 Å². The standard InChI is InChI=1S/C20H23N3O3S/c1-26-10-9-23-13-16(11-19(23)24)20(25)22-17-4-6-18(7-5-17)27-14-15-3-2-8-21-12-15/h2-8,12,16H,9-11,13-14H2,1H3,(H,22,25). The Balaban J connectivity index is 1.49. The van der Waals surface area contributed by atoms with E-state index < -0.39 is 0 Å². The van der Waals surface area contributed by atoms with Crippen molar-refractivity contribution in [2.24, 2.45) is 5.92 Å². The van der Waals surface area contributed by atoms with Gasteiger partial charge in [-0.3, -0.25) is 14.6 Å². The van der Waals surface area contributed by atoms with Crippen molar-refractivity contribution in [2.45, 2.75) is 17.1 Å². The van der Waals surface area contributed by atoms with Gasteiger partial charge in [-0.15, -0.1) is 11.8 Å². The number of aromatic nitrogens is 1. The van der Waals surface area contributed by atoms with Crippen LogP contribution in [0.25, 0.3) is 0 Å². The maximum absolute atomic E-state index is 12.4. The van der Waals surface area contributed by atoms with Crippen molar-refractivity contribution < 1.29 is 14.3 Å². The summed E-state index contributed by atoms with van der Waals surface area (Å²) in [5.74, 6) is 0.434. The Kier molecular flexibility index (Phi) is 6.84. The lowest BCUT2D eigenvalue weighted by molar-refractivity contribution is -0.128. The second-order valence-corrected chi connectivity index (χ2v) is 7.45. The molecule has 3 rings (SSSR count). The van der Waals surface area contributed by atoms with Gasteiger partial charge in [0.2, 0.25) is 11.8 Å². The first-order valence-electron chi connectivity index (χ1n) is 8.85. The van der Waals surface area contributed by atoms with E-state index in [9.17, 15) is 9.59 Å². The fourth-order valence-corrected chi connectivity index (χ4v) is 3.73. The number of pyridine rings is 1. The lowest BCUT2D eigenvalue weighted by Gasteiger charge is -2.15. The number of carbonyl (C=O) groups is 2. The van der Waals surface area contributed by atoms with E-state index in [1.165, 1.54) is 5.56 Å². The van der Waals surface area contributed by atoms with Crippen molar-refractivity contribution in [3.05, 3.63) is 54.4 Å². The Morgan fingerprint density at radius 3 is 2.85 bits per heavy atom. The van der Waals surface area contributed by atoms with Gasteiger partial charge < -0.3 is 15.0 Å². The van der Waals surface area contributed by atoms with E-state index in [4.69, 9.17) is 4.74 Å². The zero-order chi connectivity index (χ0) is 19.1. The van der Waals surface area contributed by atoms with Crippen LogP contribution in [0.1, 0.15) is 12.0 Å². The van der Waals surface area contributed by atoms with Crippen LogP contribution in [0.3, 0.4) is 0 Å². The third-order valence-electron chi connectivity index (χ3n) is 4.40. The number of methoxy groups -OCH3 is 1. The second kappa shape index (κ2) is 9.53. The molecule has 1 aromatic carbocycles. The normalized spacial score (nSPS) is 16.6. The summed E-state index contributed by atoms with van der Waals surface area (Å²) in [6, 6.07) is 11.7. The molecule has 1 N–H and O–H groups in total. The summed E-state index contributed by atoms with van der Waals surface area (Å²) >= 11 is 1.72. The molecule has 7 heteroatoms. The molecule has 1 unspecified atom stereocenters. The molecule has 1 fully saturated rings. The molecule has 2 amide bonds. The monoisotopic (exact) mass is 385 g/mol. The van der Waals surface area contributed by atoms with Gasteiger partial charge in [0.1, 0.15) is 0 Å². The van der Waals surface area contributed by atoms with Gasteiger partial charge >= 0.3 is 0 Å². The topological polar surface area (TPSA) is 71.5 Å². The molecule has 2 heterocycles. The van der Waals surface area contributed by atoms with Crippen molar-refractivity contribution >= 4 is 29.3 Å². The first-order chi connectivity index (χ1) is 13.2. The van der Waals surface area contributed by atoms with Gasteiger partial charge in [-0.1, -0.05) is 6.07 Å². The van der Waals surface area contributed by atoms with Gasteiger partial charge in [0.05, 0.1) is 12.5 Å². The molecule has 1 aromatic heterocycles.